The first-order valence-electron chi connectivity index (χ1n) is 5.91. The summed E-state index contributed by atoms with van der Waals surface area (Å²) in [6.07, 6.45) is -0.875. The molecule has 0 fully saturated rings. The maximum Gasteiger partial charge on any atom is 0.170 e. The lowest BCUT2D eigenvalue weighted by Gasteiger charge is -2.13. The number of aliphatic hydroxyl groups is 1. The van der Waals surface area contributed by atoms with E-state index in [2.05, 4.69) is 15.9 Å². The van der Waals surface area contributed by atoms with Crippen LogP contribution in [-0.2, 0) is 6.61 Å². The summed E-state index contributed by atoms with van der Waals surface area (Å²) in [4.78, 5) is 0. The Labute approximate surface area is 120 Å². The highest BCUT2D eigenvalue weighted by molar-refractivity contribution is 9.09. The fourth-order valence-electron chi connectivity index (χ4n) is 1.72. The molecule has 0 aromatic heterocycles. The van der Waals surface area contributed by atoms with Gasteiger partial charge in [-0.1, -0.05) is 58.4 Å². The molecule has 1 atom stereocenters. The van der Waals surface area contributed by atoms with Gasteiger partial charge in [-0.05, 0) is 11.6 Å². The van der Waals surface area contributed by atoms with Gasteiger partial charge in [-0.25, -0.2) is 4.39 Å². The molecule has 2 nitrogen and oxygen atoms in total. The summed E-state index contributed by atoms with van der Waals surface area (Å²) < 4.78 is 19.6. The first kappa shape index (κ1) is 14.0. The third-order valence-electron chi connectivity index (χ3n) is 2.74. The van der Waals surface area contributed by atoms with Crippen molar-refractivity contribution in [2.24, 2.45) is 0 Å². The van der Waals surface area contributed by atoms with Crippen molar-refractivity contribution in [2.75, 3.05) is 5.33 Å². The summed E-state index contributed by atoms with van der Waals surface area (Å²) in [6, 6.07) is 14.3. The van der Waals surface area contributed by atoms with Crippen molar-refractivity contribution in [1.29, 1.82) is 0 Å². The predicted octanol–water partition coefficient (Wildman–Crippen LogP) is 3.83. The molecule has 0 bridgehead atoms. The van der Waals surface area contributed by atoms with Crippen molar-refractivity contribution < 1.29 is 14.2 Å². The number of benzene rings is 2. The van der Waals surface area contributed by atoms with Gasteiger partial charge in [-0.2, -0.15) is 0 Å². The highest BCUT2D eigenvalue weighted by Gasteiger charge is 2.15. The van der Waals surface area contributed by atoms with E-state index in [-0.39, 0.29) is 16.6 Å². The van der Waals surface area contributed by atoms with Gasteiger partial charge in [0, 0.05) is 10.9 Å². The van der Waals surface area contributed by atoms with Crippen molar-refractivity contribution in [3.05, 3.63) is 65.5 Å². The molecule has 4 heteroatoms. The zero-order valence-corrected chi connectivity index (χ0v) is 11.8. The van der Waals surface area contributed by atoms with Gasteiger partial charge < -0.3 is 9.84 Å². The summed E-state index contributed by atoms with van der Waals surface area (Å²) in [6.45, 7) is 0.297. The van der Waals surface area contributed by atoms with Crippen LogP contribution in [0.1, 0.15) is 17.2 Å². The fraction of sp³-hybridized carbons (Fsp3) is 0.200. The van der Waals surface area contributed by atoms with E-state index in [9.17, 15) is 9.50 Å². The molecule has 19 heavy (non-hydrogen) atoms. The van der Waals surface area contributed by atoms with Crippen molar-refractivity contribution in [3.63, 3.8) is 0 Å². The van der Waals surface area contributed by atoms with E-state index >= 15 is 0 Å². The quantitative estimate of drug-likeness (QED) is 0.847. The normalized spacial score (nSPS) is 12.2. The van der Waals surface area contributed by atoms with Crippen molar-refractivity contribution in [2.45, 2.75) is 12.7 Å². The van der Waals surface area contributed by atoms with Crippen LogP contribution >= 0.6 is 15.9 Å². The number of hydrogen-bond acceptors (Lipinski definition) is 2. The molecule has 0 spiro atoms. The summed E-state index contributed by atoms with van der Waals surface area (Å²) in [5, 5.41) is 9.96. The molecule has 100 valence electrons. The lowest BCUT2D eigenvalue weighted by atomic mass is 10.1. The van der Waals surface area contributed by atoms with Crippen molar-refractivity contribution >= 4 is 15.9 Å². The second-order valence-electron chi connectivity index (χ2n) is 4.10. The maximum absolute atomic E-state index is 14.1. The van der Waals surface area contributed by atoms with Gasteiger partial charge in [-0.3, -0.25) is 0 Å². The van der Waals surface area contributed by atoms with Crippen LogP contribution in [0.3, 0.4) is 0 Å². The zero-order valence-electron chi connectivity index (χ0n) is 10.2. The third kappa shape index (κ3) is 3.55. The SMILES string of the molecule is O[C@@H](CBr)c1cccc(OCc2ccccc2)c1F. The Morgan fingerprint density at radius 1 is 1.11 bits per heavy atom. The molecule has 0 saturated heterocycles. The first-order chi connectivity index (χ1) is 9.22. The lowest BCUT2D eigenvalue weighted by Crippen LogP contribution is -2.04. The van der Waals surface area contributed by atoms with Gasteiger partial charge in [0.2, 0.25) is 0 Å². The second kappa shape index (κ2) is 6.68. The number of aliphatic hydroxyl groups excluding tert-OH is 1. The van der Waals surface area contributed by atoms with Gasteiger partial charge in [0.15, 0.2) is 11.6 Å². The van der Waals surface area contributed by atoms with E-state index in [4.69, 9.17) is 4.74 Å². The molecule has 2 aromatic carbocycles. The van der Waals surface area contributed by atoms with Crippen LogP contribution in [0.25, 0.3) is 0 Å². The fourth-order valence-corrected chi connectivity index (χ4v) is 2.06. The minimum absolute atomic E-state index is 0.154. The van der Waals surface area contributed by atoms with E-state index in [1.54, 1.807) is 18.2 Å². The molecular weight excluding hydrogens is 311 g/mol. The highest BCUT2D eigenvalue weighted by Crippen LogP contribution is 2.26. The van der Waals surface area contributed by atoms with Gasteiger partial charge in [0.25, 0.3) is 0 Å². The number of rotatable bonds is 5. The van der Waals surface area contributed by atoms with E-state index in [1.165, 1.54) is 0 Å². The molecular formula is C15H14BrFO2. The average Bonchev–Trinajstić information content (AvgIpc) is 2.46. The standard InChI is InChI=1S/C15H14BrFO2/c16-9-13(18)12-7-4-8-14(15(12)17)19-10-11-5-2-1-3-6-11/h1-8,13,18H,9-10H2/t13-/m0/s1. The Kier molecular flexibility index (Phi) is 4.93. The molecule has 2 rings (SSSR count). The van der Waals surface area contributed by atoms with Crippen molar-refractivity contribution in [1.82, 2.24) is 0 Å². The molecule has 0 aliphatic rings. The smallest absolute Gasteiger partial charge is 0.170 e. The first-order valence-corrected chi connectivity index (χ1v) is 7.03. The van der Waals surface area contributed by atoms with Gasteiger partial charge in [0.1, 0.15) is 6.61 Å². The summed E-state index contributed by atoms with van der Waals surface area (Å²) in [5.74, 6) is -0.355. The van der Waals surface area contributed by atoms with Crippen LogP contribution < -0.4 is 4.74 Å². The number of halogens is 2. The van der Waals surface area contributed by atoms with Crippen LogP contribution in [-0.4, -0.2) is 10.4 Å². The Morgan fingerprint density at radius 3 is 2.53 bits per heavy atom. The Balaban J connectivity index is 2.13. The molecule has 0 aliphatic carbocycles. The lowest BCUT2D eigenvalue weighted by molar-refractivity contribution is 0.197. The van der Waals surface area contributed by atoms with Crippen LogP contribution in [0, 0.1) is 5.82 Å². The number of hydrogen-bond donors (Lipinski definition) is 1. The topological polar surface area (TPSA) is 29.5 Å². The molecule has 0 radical (unpaired) electrons. The van der Waals surface area contributed by atoms with E-state index in [0.29, 0.717) is 6.61 Å². The van der Waals surface area contributed by atoms with Crippen LogP contribution in [0.15, 0.2) is 48.5 Å². The number of ether oxygens (including phenoxy) is 1. The zero-order chi connectivity index (χ0) is 13.7. The Hall–Kier alpha value is -1.39. The Bertz CT molecular complexity index is 531. The third-order valence-corrected chi connectivity index (χ3v) is 3.35. The van der Waals surface area contributed by atoms with Crippen LogP contribution in [0.2, 0.25) is 0 Å². The van der Waals surface area contributed by atoms with E-state index in [1.807, 2.05) is 30.3 Å². The average molecular weight is 325 g/mol. The largest absolute Gasteiger partial charge is 0.486 e. The molecule has 0 heterocycles. The summed E-state index contributed by atoms with van der Waals surface area (Å²) >= 11 is 3.13. The molecule has 0 amide bonds. The van der Waals surface area contributed by atoms with Gasteiger partial charge in [-0.15, -0.1) is 0 Å². The van der Waals surface area contributed by atoms with E-state index in [0.717, 1.165) is 5.56 Å². The van der Waals surface area contributed by atoms with Crippen LogP contribution in [0.5, 0.6) is 5.75 Å². The molecule has 1 N–H and O–H groups in total. The Morgan fingerprint density at radius 2 is 1.84 bits per heavy atom. The van der Waals surface area contributed by atoms with Gasteiger partial charge in [0.05, 0.1) is 6.10 Å². The molecule has 2 aromatic rings. The summed E-state index contributed by atoms with van der Waals surface area (Å²) in [5.41, 5.74) is 1.20. The number of alkyl halides is 1. The maximum atomic E-state index is 14.1. The minimum Gasteiger partial charge on any atom is -0.486 e. The molecule has 0 saturated carbocycles. The minimum atomic E-state index is -0.875. The van der Waals surface area contributed by atoms with E-state index < -0.39 is 11.9 Å². The molecule has 0 unspecified atom stereocenters. The van der Waals surface area contributed by atoms with Crippen LogP contribution in [0.4, 0.5) is 4.39 Å². The molecule has 0 aliphatic heterocycles. The summed E-state index contributed by atoms with van der Waals surface area (Å²) in [7, 11) is 0. The highest BCUT2D eigenvalue weighted by atomic mass is 79.9. The van der Waals surface area contributed by atoms with Gasteiger partial charge >= 0.3 is 0 Å². The second-order valence-corrected chi connectivity index (χ2v) is 4.75. The van der Waals surface area contributed by atoms with Crippen molar-refractivity contribution in [3.8, 4) is 5.75 Å². The monoisotopic (exact) mass is 324 g/mol. The predicted molar refractivity (Wildman–Crippen MR) is 75.9 cm³/mol.